The lowest BCUT2D eigenvalue weighted by atomic mass is 10.0. The molecule has 0 aliphatic heterocycles. The number of aliphatic carboxylic acids is 1. The van der Waals surface area contributed by atoms with Crippen molar-refractivity contribution in [1.29, 1.82) is 0 Å². The second-order valence-corrected chi connectivity index (χ2v) is 10.1. The van der Waals surface area contributed by atoms with Gasteiger partial charge in [0.15, 0.2) is 5.25 Å². The summed E-state index contributed by atoms with van der Waals surface area (Å²) in [6.07, 6.45) is 16.1. The Labute approximate surface area is 182 Å². The molecule has 0 saturated carbocycles. The fourth-order valence-corrected chi connectivity index (χ4v) is 3.92. The molecule has 2 N–H and O–H groups in total. The number of carbonyl (C=O) groups excluding carboxylic acids is 1. The maximum atomic E-state index is 11.5. The van der Waals surface area contributed by atoms with Crippen LogP contribution in [0.3, 0.4) is 0 Å². The topological polar surface area (TPSA) is 118 Å². The number of hydrogen-bond donors (Lipinski definition) is 2. The Bertz CT molecular complexity index is 558. The number of carbonyl (C=O) groups is 2. The summed E-state index contributed by atoms with van der Waals surface area (Å²) < 4.78 is 35.5. The Kier molecular flexibility index (Phi) is 16.9. The van der Waals surface area contributed by atoms with E-state index in [2.05, 4.69) is 13.8 Å². The molecule has 30 heavy (non-hydrogen) atoms. The van der Waals surface area contributed by atoms with Crippen molar-refractivity contribution in [3.8, 4) is 0 Å². The molecular weight excluding hydrogens is 408 g/mol. The Hall–Kier alpha value is -1.15. The summed E-state index contributed by atoms with van der Waals surface area (Å²) in [4.78, 5) is 22.3. The van der Waals surface area contributed by atoms with Crippen LogP contribution in [0.2, 0.25) is 0 Å². The molecule has 8 heteroatoms. The second-order valence-electron chi connectivity index (χ2n) is 8.55. The number of carboxylic acids is 1. The molecule has 0 aromatic rings. The summed E-state index contributed by atoms with van der Waals surface area (Å²) in [5, 5.41) is 6.56. The van der Waals surface area contributed by atoms with Gasteiger partial charge in [0.25, 0.3) is 10.1 Å². The van der Waals surface area contributed by atoms with E-state index >= 15 is 0 Å². The van der Waals surface area contributed by atoms with Gasteiger partial charge in [-0.2, -0.15) is 8.42 Å². The number of carboxylic acid groups (broad SMARTS) is 1. The van der Waals surface area contributed by atoms with Crippen LogP contribution in [0.25, 0.3) is 0 Å². The zero-order valence-corrected chi connectivity index (χ0v) is 19.6. The molecule has 1 atom stereocenters. The average Bonchev–Trinajstić information content (AvgIpc) is 2.64. The van der Waals surface area contributed by atoms with Gasteiger partial charge in [-0.3, -0.25) is 14.1 Å². The van der Waals surface area contributed by atoms with Crippen LogP contribution in [0.4, 0.5) is 0 Å². The van der Waals surface area contributed by atoms with Crippen molar-refractivity contribution in [2.45, 2.75) is 115 Å². The molecule has 1 unspecified atom stereocenters. The van der Waals surface area contributed by atoms with E-state index in [9.17, 15) is 18.0 Å². The molecule has 0 rings (SSSR count). The quantitative estimate of drug-likeness (QED) is 0.145. The zero-order chi connectivity index (χ0) is 22.8. The summed E-state index contributed by atoms with van der Waals surface area (Å²) in [6, 6.07) is 0. The lowest BCUT2D eigenvalue weighted by Gasteiger charge is -2.09. The Morgan fingerprint density at radius 3 is 1.53 bits per heavy atom. The van der Waals surface area contributed by atoms with Crippen LogP contribution < -0.4 is 0 Å². The molecule has 0 aliphatic rings. The second kappa shape index (κ2) is 17.5. The maximum absolute atomic E-state index is 11.5. The van der Waals surface area contributed by atoms with Gasteiger partial charge in [-0.15, -0.1) is 0 Å². The molecule has 0 fully saturated rings. The van der Waals surface area contributed by atoms with Gasteiger partial charge in [0.1, 0.15) is 0 Å². The van der Waals surface area contributed by atoms with Gasteiger partial charge in [-0.25, -0.2) is 0 Å². The highest BCUT2D eigenvalue weighted by Crippen LogP contribution is 2.14. The monoisotopic (exact) mass is 450 g/mol. The van der Waals surface area contributed by atoms with Crippen LogP contribution in [0, 0.1) is 5.92 Å². The van der Waals surface area contributed by atoms with E-state index in [4.69, 9.17) is 14.4 Å². The largest absolute Gasteiger partial charge is 0.480 e. The van der Waals surface area contributed by atoms with Crippen molar-refractivity contribution in [3.05, 3.63) is 0 Å². The molecule has 0 heterocycles. The van der Waals surface area contributed by atoms with Crippen LogP contribution in [-0.4, -0.2) is 41.9 Å². The molecule has 7 nitrogen and oxygen atoms in total. The van der Waals surface area contributed by atoms with Gasteiger partial charge in [0, 0.05) is 0 Å². The summed E-state index contributed by atoms with van der Waals surface area (Å²) in [7, 11) is -4.82. The van der Waals surface area contributed by atoms with Gasteiger partial charge < -0.3 is 9.84 Å². The van der Waals surface area contributed by atoms with Crippen LogP contribution in [0.15, 0.2) is 0 Å². The Morgan fingerprint density at radius 1 is 0.767 bits per heavy atom. The molecule has 0 saturated heterocycles. The van der Waals surface area contributed by atoms with Gasteiger partial charge in [-0.1, -0.05) is 97.3 Å². The zero-order valence-electron chi connectivity index (χ0n) is 18.8. The van der Waals surface area contributed by atoms with E-state index in [1.54, 1.807) is 0 Å². The van der Waals surface area contributed by atoms with E-state index in [1.165, 1.54) is 64.2 Å². The van der Waals surface area contributed by atoms with Crippen molar-refractivity contribution >= 4 is 22.1 Å². The van der Waals surface area contributed by atoms with E-state index < -0.39 is 33.7 Å². The standard InChI is InChI=1S/C22H42O7S/c1-19(2)16-14-12-10-8-6-4-3-5-7-9-11-13-15-17-29-21(23)18-20(22(24)25)30(26,27)28/h19-20H,3-18H2,1-2H3,(H,24,25)(H,26,27,28). The minimum atomic E-state index is -4.82. The SMILES string of the molecule is CC(C)CCCCCCCCCCCCCCCOC(=O)CC(C(=O)O)S(=O)(=O)O. The maximum Gasteiger partial charge on any atom is 0.325 e. The molecule has 178 valence electrons. The number of hydrogen-bond acceptors (Lipinski definition) is 5. The van der Waals surface area contributed by atoms with E-state index in [-0.39, 0.29) is 6.61 Å². The molecular formula is C22H42O7S. The predicted molar refractivity (Wildman–Crippen MR) is 118 cm³/mol. The molecule has 0 aromatic carbocycles. The Morgan fingerprint density at radius 2 is 1.17 bits per heavy atom. The van der Waals surface area contributed by atoms with Gasteiger partial charge in [0.05, 0.1) is 13.0 Å². The minimum absolute atomic E-state index is 0.133. The number of rotatable bonds is 20. The minimum Gasteiger partial charge on any atom is -0.480 e. The third kappa shape index (κ3) is 17.7. The van der Waals surface area contributed by atoms with Gasteiger partial charge >= 0.3 is 11.9 Å². The highest BCUT2D eigenvalue weighted by Gasteiger charge is 2.33. The number of ether oxygens (including phenoxy) is 1. The fraction of sp³-hybridized carbons (Fsp3) is 0.909. The first-order valence-electron chi connectivity index (χ1n) is 11.5. The van der Waals surface area contributed by atoms with Gasteiger partial charge in [-0.05, 0) is 12.3 Å². The molecule has 0 amide bonds. The summed E-state index contributed by atoms with van der Waals surface area (Å²) in [6.45, 7) is 4.70. The summed E-state index contributed by atoms with van der Waals surface area (Å²) in [5.74, 6) is -1.87. The van der Waals surface area contributed by atoms with E-state index in [1.807, 2.05) is 0 Å². The highest BCUT2D eigenvalue weighted by molar-refractivity contribution is 7.87. The lowest BCUT2D eigenvalue weighted by molar-refractivity contribution is -0.147. The average molecular weight is 451 g/mol. The summed E-state index contributed by atoms with van der Waals surface area (Å²) in [5.41, 5.74) is 0. The van der Waals surface area contributed by atoms with Crippen molar-refractivity contribution in [3.63, 3.8) is 0 Å². The number of esters is 1. The van der Waals surface area contributed by atoms with Crippen molar-refractivity contribution < 1.29 is 32.4 Å². The normalized spacial score (nSPS) is 12.8. The van der Waals surface area contributed by atoms with Crippen LogP contribution in [-0.2, 0) is 24.4 Å². The van der Waals surface area contributed by atoms with E-state index in [0.29, 0.717) is 6.42 Å². The molecule has 0 radical (unpaired) electrons. The molecule has 0 aromatic heterocycles. The molecule has 0 bridgehead atoms. The predicted octanol–water partition coefficient (Wildman–Crippen LogP) is 5.38. The smallest absolute Gasteiger partial charge is 0.325 e. The first kappa shape index (κ1) is 28.9. The Balaban J connectivity index is 3.44. The van der Waals surface area contributed by atoms with Crippen LogP contribution >= 0.6 is 0 Å². The highest BCUT2D eigenvalue weighted by atomic mass is 32.2. The van der Waals surface area contributed by atoms with Crippen molar-refractivity contribution in [2.24, 2.45) is 5.92 Å². The summed E-state index contributed by atoms with van der Waals surface area (Å²) >= 11 is 0. The molecule has 0 spiro atoms. The third-order valence-electron chi connectivity index (χ3n) is 5.18. The lowest BCUT2D eigenvalue weighted by Crippen LogP contribution is -2.32. The van der Waals surface area contributed by atoms with E-state index in [0.717, 1.165) is 25.2 Å². The first-order chi connectivity index (χ1) is 14.1. The first-order valence-corrected chi connectivity index (χ1v) is 13.0. The third-order valence-corrected chi connectivity index (χ3v) is 6.26. The van der Waals surface area contributed by atoms with Gasteiger partial charge in [0.2, 0.25) is 0 Å². The van der Waals surface area contributed by atoms with Crippen LogP contribution in [0.1, 0.15) is 110 Å². The van der Waals surface area contributed by atoms with Crippen molar-refractivity contribution in [1.82, 2.24) is 0 Å². The number of unbranched alkanes of at least 4 members (excludes halogenated alkanes) is 12. The van der Waals surface area contributed by atoms with Crippen LogP contribution in [0.5, 0.6) is 0 Å². The fourth-order valence-electron chi connectivity index (χ4n) is 3.32. The van der Waals surface area contributed by atoms with Crippen molar-refractivity contribution in [2.75, 3.05) is 6.61 Å². The molecule has 0 aliphatic carbocycles.